The van der Waals surface area contributed by atoms with E-state index < -0.39 is 0 Å². The number of nitrogens with one attached hydrogen (secondary N) is 2. The van der Waals surface area contributed by atoms with E-state index in [9.17, 15) is 9.59 Å². The Morgan fingerprint density at radius 3 is 1.36 bits per heavy atom. The number of amides is 2. The standard InChI is InChI=1S/C32H40N6O2.2BrH/c39-31(33-15-21-37-17-3-1-4-18-37)27-11-7-25(8-12-27)29-23-30(36-24-35-29)26-9-13-28(14-10-26)32(40)34-16-22-38-19-5-2-6-20-38;;/h7-14,23-24H,1-6,15-22H2,(H,33,39)(H,34,40);2*1H. The molecule has 0 spiro atoms. The molecule has 0 saturated carbocycles. The lowest BCUT2D eigenvalue weighted by Crippen LogP contribution is -2.37. The topological polar surface area (TPSA) is 90.5 Å². The van der Waals surface area contributed by atoms with Gasteiger partial charge in [0.05, 0.1) is 11.4 Å². The molecule has 2 aliphatic heterocycles. The highest BCUT2D eigenvalue weighted by Crippen LogP contribution is 2.23. The number of carbonyl (C=O) groups excluding carboxylic acids is 2. The fraction of sp³-hybridized carbons (Fsp3) is 0.438. The fourth-order valence-corrected chi connectivity index (χ4v) is 5.48. The third-order valence-corrected chi connectivity index (χ3v) is 7.88. The van der Waals surface area contributed by atoms with Crippen LogP contribution in [-0.4, -0.2) is 83.9 Å². The van der Waals surface area contributed by atoms with Gasteiger partial charge in [0.2, 0.25) is 0 Å². The summed E-state index contributed by atoms with van der Waals surface area (Å²) in [6.45, 7) is 7.64. The largest absolute Gasteiger partial charge is 0.351 e. The number of hydrogen-bond acceptors (Lipinski definition) is 6. The Morgan fingerprint density at radius 2 is 0.976 bits per heavy atom. The monoisotopic (exact) mass is 700 g/mol. The summed E-state index contributed by atoms with van der Waals surface area (Å²) < 4.78 is 0. The molecule has 2 saturated heterocycles. The molecule has 2 aliphatic rings. The maximum Gasteiger partial charge on any atom is 0.251 e. The first kappa shape index (κ1) is 33.8. The second kappa shape index (κ2) is 17.5. The molecule has 5 rings (SSSR count). The molecule has 0 atom stereocenters. The summed E-state index contributed by atoms with van der Waals surface area (Å²) in [6, 6.07) is 17.0. The molecule has 0 aliphatic carbocycles. The van der Waals surface area contributed by atoms with Gasteiger partial charge >= 0.3 is 0 Å². The number of hydrogen-bond donors (Lipinski definition) is 2. The molecule has 3 aromatic rings. The van der Waals surface area contributed by atoms with E-state index in [0.717, 1.165) is 61.8 Å². The van der Waals surface area contributed by atoms with Crippen molar-refractivity contribution < 1.29 is 9.59 Å². The number of likely N-dealkylation sites (tertiary alicyclic amines) is 2. The first-order valence-corrected chi connectivity index (χ1v) is 14.7. The predicted molar refractivity (Wildman–Crippen MR) is 179 cm³/mol. The highest BCUT2D eigenvalue weighted by molar-refractivity contribution is 8.93. The minimum atomic E-state index is -0.0532. The van der Waals surface area contributed by atoms with Crippen LogP contribution in [0.2, 0.25) is 0 Å². The van der Waals surface area contributed by atoms with Crippen molar-refractivity contribution in [3.8, 4) is 22.5 Å². The number of carbonyl (C=O) groups is 2. The number of piperidine rings is 2. The van der Waals surface area contributed by atoms with Crippen LogP contribution < -0.4 is 10.6 Å². The number of rotatable bonds is 10. The first-order valence-electron chi connectivity index (χ1n) is 14.7. The third-order valence-electron chi connectivity index (χ3n) is 7.88. The van der Waals surface area contributed by atoms with Crippen LogP contribution in [0.1, 0.15) is 59.2 Å². The quantitative estimate of drug-likeness (QED) is 0.295. The van der Waals surface area contributed by atoms with Gasteiger partial charge in [-0.1, -0.05) is 37.1 Å². The molecule has 0 bridgehead atoms. The average Bonchev–Trinajstić information content (AvgIpc) is 3.02. The Balaban J connectivity index is 0.00000242. The molecular formula is C32H42Br2N6O2. The number of nitrogens with zero attached hydrogens (tertiary/aromatic N) is 4. The van der Waals surface area contributed by atoms with Crippen molar-refractivity contribution in [2.45, 2.75) is 38.5 Å². The second-order valence-corrected chi connectivity index (χ2v) is 10.8. The molecule has 8 nitrogen and oxygen atoms in total. The van der Waals surface area contributed by atoms with Crippen LogP contribution in [0.25, 0.3) is 22.5 Å². The van der Waals surface area contributed by atoms with Gasteiger partial charge in [-0.15, -0.1) is 34.0 Å². The molecule has 2 N–H and O–H groups in total. The van der Waals surface area contributed by atoms with Crippen LogP contribution in [0.4, 0.5) is 0 Å². The van der Waals surface area contributed by atoms with Crippen LogP contribution >= 0.6 is 34.0 Å². The SMILES string of the molecule is Br.Br.O=C(NCCN1CCCCC1)c1ccc(-c2cc(-c3ccc(C(=O)NCCN4CCCCC4)cc3)ncn2)cc1. The van der Waals surface area contributed by atoms with Gasteiger partial charge < -0.3 is 20.4 Å². The molecule has 3 heterocycles. The highest BCUT2D eigenvalue weighted by Gasteiger charge is 2.13. The van der Waals surface area contributed by atoms with E-state index in [2.05, 4.69) is 30.4 Å². The molecule has 1 aromatic heterocycles. The first-order chi connectivity index (χ1) is 19.7. The smallest absolute Gasteiger partial charge is 0.251 e. The highest BCUT2D eigenvalue weighted by atomic mass is 79.9. The summed E-state index contributed by atoms with van der Waals surface area (Å²) in [6.07, 6.45) is 9.18. The lowest BCUT2D eigenvalue weighted by molar-refractivity contribution is 0.0938. The van der Waals surface area contributed by atoms with Crippen molar-refractivity contribution in [2.75, 3.05) is 52.4 Å². The zero-order valence-electron chi connectivity index (χ0n) is 24.1. The Bertz CT molecular complexity index is 1170. The Hall–Kier alpha value is -2.66. The van der Waals surface area contributed by atoms with E-state index in [4.69, 9.17) is 0 Å². The Kier molecular flexibility index (Phi) is 14.1. The zero-order valence-corrected chi connectivity index (χ0v) is 27.5. The normalized spacial score (nSPS) is 15.6. The van der Waals surface area contributed by atoms with Gasteiger partial charge in [-0.05, 0) is 82.2 Å². The van der Waals surface area contributed by atoms with E-state index in [0.29, 0.717) is 24.2 Å². The Morgan fingerprint density at radius 1 is 0.595 bits per heavy atom. The number of aromatic nitrogens is 2. The number of halogens is 2. The van der Waals surface area contributed by atoms with Gasteiger partial charge in [0, 0.05) is 48.4 Å². The maximum atomic E-state index is 12.6. The summed E-state index contributed by atoms with van der Waals surface area (Å²) in [7, 11) is 0. The van der Waals surface area contributed by atoms with E-state index in [1.54, 1.807) is 6.33 Å². The molecule has 226 valence electrons. The van der Waals surface area contributed by atoms with E-state index in [1.807, 2.05) is 54.6 Å². The van der Waals surface area contributed by atoms with Crippen molar-refractivity contribution in [1.82, 2.24) is 30.4 Å². The zero-order chi connectivity index (χ0) is 27.6. The van der Waals surface area contributed by atoms with Crippen LogP contribution in [0.15, 0.2) is 60.9 Å². The summed E-state index contributed by atoms with van der Waals surface area (Å²) in [5, 5.41) is 6.08. The predicted octanol–water partition coefficient (Wildman–Crippen LogP) is 5.40. The molecule has 2 aromatic carbocycles. The molecule has 0 unspecified atom stereocenters. The van der Waals surface area contributed by atoms with Gasteiger partial charge in [-0.2, -0.15) is 0 Å². The molecule has 2 fully saturated rings. The van der Waals surface area contributed by atoms with Gasteiger partial charge in [-0.25, -0.2) is 9.97 Å². The van der Waals surface area contributed by atoms with E-state index >= 15 is 0 Å². The lowest BCUT2D eigenvalue weighted by Gasteiger charge is -2.26. The van der Waals surface area contributed by atoms with Crippen molar-refractivity contribution in [2.24, 2.45) is 0 Å². The summed E-state index contributed by atoms with van der Waals surface area (Å²) >= 11 is 0. The molecule has 2 amide bonds. The van der Waals surface area contributed by atoms with Crippen LogP contribution in [0.3, 0.4) is 0 Å². The van der Waals surface area contributed by atoms with Gasteiger partial charge in [0.1, 0.15) is 6.33 Å². The molecular weight excluding hydrogens is 660 g/mol. The third kappa shape index (κ3) is 9.69. The van der Waals surface area contributed by atoms with E-state index in [1.165, 1.54) is 38.5 Å². The van der Waals surface area contributed by atoms with E-state index in [-0.39, 0.29) is 45.8 Å². The summed E-state index contributed by atoms with van der Waals surface area (Å²) in [4.78, 5) is 38.9. The summed E-state index contributed by atoms with van der Waals surface area (Å²) in [5.74, 6) is -0.106. The Labute approximate surface area is 270 Å². The van der Waals surface area contributed by atoms with Crippen LogP contribution in [0, 0.1) is 0 Å². The average molecular weight is 703 g/mol. The van der Waals surface area contributed by atoms with Crippen molar-refractivity contribution in [3.63, 3.8) is 0 Å². The van der Waals surface area contributed by atoms with Crippen molar-refractivity contribution >= 4 is 45.8 Å². The van der Waals surface area contributed by atoms with Gasteiger partial charge in [0.15, 0.2) is 0 Å². The van der Waals surface area contributed by atoms with Gasteiger partial charge in [0.25, 0.3) is 11.8 Å². The fourth-order valence-electron chi connectivity index (χ4n) is 5.48. The van der Waals surface area contributed by atoms with Gasteiger partial charge in [-0.3, -0.25) is 9.59 Å². The second-order valence-electron chi connectivity index (χ2n) is 10.8. The number of benzene rings is 2. The molecule has 0 radical (unpaired) electrons. The van der Waals surface area contributed by atoms with Crippen molar-refractivity contribution in [1.29, 1.82) is 0 Å². The minimum Gasteiger partial charge on any atom is -0.351 e. The molecule has 42 heavy (non-hydrogen) atoms. The summed E-state index contributed by atoms with van der Waals surface area (Å²) in [5.41, 5.74) is 4.67. The van der Waals surface area contributed by atoms with Crippen molar-refractivity contribution in [3.05, 3.63) is 72.1 Å². The van der Waals surface area contributed by atoms with Crippen LogP contribution in [-0.2, 0) is 0 Å². The minimum absolute atomic E-state index is 0. The lowest BCUT2D eigenvalue weighted by atomic mass is 10.0. The molecule has 10 heteroatoms. The maximum absolute atomic E-state index is 12.6. The van der Waals surface area contributed by atoms with Crippen LogP contribution in [0.5, 0.6) is 0 Å².